The van der Waals surface area contributed by atoms with E-state index in [0.717, 1.165) is 12.2 Å². The Hall–Kier alpha value is -1.09. The summed E-state index contributed by atoms with van der Waals surface area (Å²) < 4.78 is 5.57. The lowest BCUT2D eigenvalue weighted by Crippen LogP contribution is -2.20. The van der Waals surface area contributed by atoms with Gasteiger partial charge in [0.1, 0.15) is 5.75 Å². The van der Waals surface area contributed by atoms with Crippen LogP contribution in [0.3, 0.4) is 0 Å². The lowest BCUT2D eigenvalue weighted by Gasteiger charge is -2.16. The van der Waals surface area contributed by atoms with E-state index in [1.54, 1.807) is 0 Å². The Bertz CT molecular complexity index is 415. The fraction of sp³-hybridized carbons (Fsp3) is 0.500. The van der Waals surface area contributed by atoms with Crippen molar-refractivity contribution in [3.8, 4) is 5.75 Å². The number of benzene rings is 1. The van der Waals surface area contributed by atoms with Gasteiger partial charge in [-0.05, 0) is 49.9 Å². The van der Waals surface area contributed by atoms with E-state index < -0.39 is 0 Å². The highest BCUT2D eigenvalue weighted by molar-refractivity contribution is 7.80. The van der Waals surface area contributed by atoms with Crippen molar-refractivity contribution < 1.29 is 4.74 Å². The fourth-order valence-corrected chi connectivity index (χ4v) is 1.90. The monoisotopic (exact) mass is 251 g/mol. The van der Waals surface area contributed by atoms with E-state index in [0.29, 0.717) is 11.6 Å². The molecule has 0 bridgehead atoms. The van der Waals surface area contributed by atoms with Crippen LogP contribution in [0.15, 0.2) is 12.1 Å². The van der Waals surface area contributed by atoms with Gasteiger partial charge in [-0.2, -0.15) is 0 Å². The second-order valence-electron chi connectivity index (χ2n) is 4.41. The Kier molecular flexibility index (Phi) is 4.94. The highest BCUT2D eigenvalue weighted by Crippen LogP contribution is 2.25. The first-order chi connectivity index (χ1) is 7.97. The summed E-state index contributed by atoms with van der Waals surface area (Å²) in [6.45, 7) is 8.98. The molecule has 0 aliphatic heterocycles. The van der Waals surface area contributed by atoms with Gasteiger partial charge in [-0.15, -0.1) is 0 Å². The summed E-state index contributed by atoms with van der Waals surface area (Å²) in [7, 11) is 0. The summed E-state index contributed by atoms with van der Waals surface area (Å²) in [6, 6.07) is 4.15. The highest BCUT2D eigenvalue weighted by Gasteiger charge is 2.11. The average molecular weight is 251 g/mol. The number of ether oxygens (including phenoxy) is 1. The molecular weight excluding hydrogens is 230 g/mol. The van der Waals surface area contributed by atoms with Crippen LogP contribution < -0.4 is 10.5 Å². The third-order valence-corrected chi connectivity index (χ3v) is 3.56. The summed E-state index contributed by atoms with van der Waals surface area (Å²) in [5.41, 5.74) is 9.44. The Morgan fingerprint density at radius 1 is 1.35 bits per heavy atom. The van der Waals surface area contributed by atoms with Crippen LogP contribution in [0.2, 0.25) is 0 Å². The number of thiocarbonyl (C=S) groups is 1. The summed E-state index contributed by atoms with van der Waals surface area (Å²) in [4.78, 5) is 0.580. The van der Waals surface area contributed by atoms with Crippen molar-refractivity contribution in [2.75, 3.05) is 6.61 Å². The molecule has 1 unspecified atom stereocenters. The van der Waals surface area contributed by atoms with Crippen LogP contribution >= 0.6 is 12.2 Å². The van der Waals surface area contributed by atoms with Gasteiger partial charge in [-0.25, -0.2) is 0 Å². The van der Waals surface area contributed by atoms with Gasteiger partial charge in [0.25, 0.3) is 0 Å². The zero-order chi connectivity index (χ0) is 13.0. The van der Waals surface area contributed by atoms with Gasteiger partial charge in [0.2, 0.25) is 0 Å². The van der Waals surface area contributed by atoms with E-state index in [4.69, 9.17) is 22.7 Å². The molecule has 3 heteroatoms. The van der Waals surface area contributed by atoms with Crippen molar-refractivity contribution >= 4 is 17.2 Å². The first kappa shape index (κ1) is 14.0. The van der Waals surface area contributed by atoms with Gasteiger partial charge in [0.05, 0.1) is 11.6 Å². The molecule has 94 valence electrons. The predicted octanol–water partition coefficient (Wildman–Crippen LogP) is 3.17. The Balaban J connectivity index is 2.96. The third-order valence-electron chi connectivity index (χ3n) is 3.16. The van der Waals surface area contributed by atoms with Crippen LogP contribution in [-0.4, -0.2) is 11.6 Å². The molecule has 0 aliphatic carbocycles. The van der Waals surface area contributed by atoms with Crippen LogP contribution in [0, 0.1) is 19.8 Å². The SMILES string of the molecule is CCOc1ccc(CC(C)C(N)=S)c(C)c1C. The zero-order valence-corrected chi connectivity index (χ0v) is 11.9. The molecule has 1 rings (SSSR count). The molecule has 2 nitrogen and oxygen atoms in total. The Morgan fingerprint density at radius 3 is 2.53 bits per heavy atom. The summed E-state index contributed by atoms with van der Waals surface area (Å²) in [5.74, 6) is 1.21. The molecule has 1 aromatic rings. The molecule has 0 amide bonds. The normalized spacial score (nSPS) is 12.2. The highest BCUT2D eigenvalue weighted by atomic mass is 32.1. The molecule has 0 aromatic heterocycles. The maximum absolute atomic E-state index is 5.66. The molecule has 1 atom stereocenters. The lowest BCUT2D eigenvalue weighted by molar-refractivity contribution is 0.337. The number of rotatable bonds is 5. The lowest BCUT2D eigenvalue weighted by atomic mass is 9.94. The molecule has 0 saturated carbocycles. The van der Waals surface area contributed by atoms with Crippen molar-refractivity contribution in [2.24, 2.45) is 11.7 Å². The van der Waals surface area contributed by atoms with Crippen LogP contribution in [0.25, 0.3) is 0 Å². The molecule has 0 saturated heterocycles. The second-order valence-corrected chi connectivity index (χ2v) is 4.88. The van der Waals surface area contributed by atoms with Crippen LogP contribution in [-0.2, 0) is 6.42 Å². The molecule has 1 aromatic carbocycles. The third kappa shape index (κ3) is 3.43. The molecule has 0 spiro atoms. The van der Waals surface area contributed by atoms with E-state index in [2.05, 4.69) is 26.8 Å². The molecule has 0 aliphatic rings. The first-order valence-electron chi connectivity index (χ1n) is 5.98. The number of nitrogens with two attached hydrogens (primary N) is 1. The minimum atomic E-state index is 0.237. The molecule has 17 heavy (non-hydrogen) atoms. The largest absolute Gasteiger partial charge is 0.494 e. The molecule has 2 N–H and O–H groups in total. The summed E-state index contributed by atoms with van der Waals surface area (Å²) in [6.07, 6.45) is 0.897. The van der Waals surface area contributed by atoms with E-state index >= 15 is 0 Å². The van der Waals surface area contributed by atoms with Crippen molar-refractivity contribution in [1.29, 1.82) is 0 Å². The van der Waals surface area contributed by atoms with Crippen molar-refractivity contribution in [3.63, 3.8) is 0 Å². The van der Waals surface area contributed by atoms with Gasteiger partial charge in [0.15, 0.2) is 0 Å². The van der Waals surface area contributed by atoms with E-state index in [-0.39, 0.29) is 5.92 Å². The van der Waals surface area contributed by atoms with Crippen molar-refractivity contribution in [1.82, 2.24) is 0 Å². The Morgan fingerprint density at radius 2 is 2.00 bits per heavy atom. The molecule has 0 radical (unpaired) electrons. The summed E-state index contributed by atoms with van der Waals surface area (Å²) in [5, 5.41) is 0. The first-order valence-corrected chi connectivity index (χ1v) is 6.39. The smallest absolute Gasteiger partial charge is 0.122 e. The van der Waals surface area contributed by atoms with Crippen LogP contribution in [0.1, 0.15) is 30.5 Å². The zero-order valence-electron chi connectivity index (χ0n) is 11.0. The van der Waals surface area contributed by atoms with Crippen molar-refractivity contribution in [2.45, 2.75) is 34.1 Å². The maximum Gasteiger partial charge on any atom is 0.122 e. The maximum atomic E-state index is 5.66. The van der Waals surface area contributed by atoms with Gasteiger partial charge in [0, 0.05) is 5.92 Å². The average Bonchev–Trinajstić information content (AvgIpc) is 2.28. The van der Waals surface area contributed by atoms with Gasteiger partial charge < -0.3 is 10.5 Å². The van der Waals surface area contributed by atoms with E-state index in [9.17, 15) is 0 Å². The van der Waals surface area contributed by atoms with Gasteiger partial charge >= 0.3 is 0 Å². The second kappa shape index (κ2) is 6.01. The van der Waals surface area contributed by atoms with Crippen LogP contribution in [0.5, 0.6) is 5.75 Å². The molecule has 0 fully saturated rings. The van der Waals surface area contributed by atoms with E-state index in [1.807, 2.05) is 13.0 Å². The molecule has 0 heterocycles. The van der Waals surface area contributed by atoms with Crippen LogP contribution in [0.4, 0.5) is 0 Å². The number of hydrogen-bond donors (Lipinski definition) is 1. The Labute approximate surface area is 109 Å². The minimum Gasteiger partial charge on any atom is -0.494 e. The summed E-state index contributed by atoms with van der Waals surface area (Å²) >= 11 is 5.01. The number of hydrogen-bond acceptors (Lipinski definition) is 2. The van der Waals surface area contributed by atoms with Crippen molar-refractivity contribution in [3.05, 3.63) is 28.8 Å². The minimum absolute atomic E-state index is 0.237. The topological polar surface area (TPSA) is 35.2 Å². The van der Waals surface area contributed by atoms with Gasteiger partial charge in [-0.3, -0.25) is 0 Å². The standard InChI is InChI=1S/C14H21NOS/c1-5-16-13-7-6-12(10(3)11(13)4)8-9(2)14(15)17/h6-7,9H,5,8H2,1-4H3,(H2,15,17). The molecular formula is C14H21NOS. The fourth-order valence-electron chi connectivity index (χ4n) is 1.82. The van der Waals surface area contributed by atoms with E-state index in [1.165, 1.54) is 16.7 Å². The predicted molar refractivity (Wildman–Crippen MR) is 76.7 cm³/mol. The quantitative estimate of drug-likeness (QED) is 0.816. The van der Waals surface area contributed by atoms with Gasteiger partial charge in [-0.1, -0.05) is 25.2 Å².